The smallest absolute Gasteiger partial charge is 0.191 e. The van der Waals surface area contributed by atoms with E-state index in [1.165, 1.54) is 6.07 Å². The molecule has 0 atom stereocenters. The van der Waals surface area contributed by atoms with E-state index in [2.05, 4.69) is 32.7 Å². The molecule has 28 heavy (non-hydrogen) atoms. The SMILES string of the molecule is CCNC(=NCc1ccccc1-n1ccnc1)NCCc1cccc(F)c1.I. The molecule has 0 aliphatic carbocycles. The summed E-state index contributed by atoms with van der Waals surface area (Å²) in [7, 11) is 0. The zero-order valence-electron chi connectivity index (χ0n) is 15.8. The highest BCUT2D eigenvalue weighted by Gasteiger charge is 2.04. The maximum absolute atomic E-state index is 13.3. The maximum Gasteiger partial charge on any atom is 0.191 e. The van der Waals surface area contributed by atoms with Crippen LogP contribution in [-0.2, 0) is 13.0 Å². The lowest BCUT2D eigenvalue weighted by molar-refractivity contribution is 0.625. The van der Waals surface area contributed by atoms with E-state index in [9.17, 15) is 4.39 Å². The highest BCUT2D eigenvalue weighted by atomic mass is 127. The van der Waals surface area contributed by atoms with E-state index in [1.54, 1.807) is 24.7 Å². The van der Waals surface area contributed by atoms with Gasteiger partial charge in [-0.1, -0.05) is 30.3 Å². The van der Waals surface area contributed by atoms with Gasteiger partial charge < -0.3 is 15.2 Å². The van der Waals surface area contributed by atoms with Gasteiger partial charge in [-0.25, -0.2) is 14.4 Å². The molecule has 0 bridgehead atoms. The van der Waals surface area contributed by atoms with Gasteiger partial charge in [-0.15, -0.1) is 24.0 Å². The first-order valence-electron chi connectivity index (χ1n) is 9.09. The number of guanidine groups is 1. The number of halogens is 2. The van der Waals surface area contributed by atoms with Crippen LogP contribution in [0.25, 0.3) is 5.69 Å². The van der Waals surface area contributed by atoms with Gasteiger partial charge in [-0.3, -0.25) is 0 Å². The Morgan fingerprint density at radius 1 is 1.14 bits per heavy atom. The third kappa shape index (κ3) is 6.33. The minimum atomic E-state index is -0.204. The van der Waals surface area contributed by atoms with E-state index >= 15 is 0 Å². The molecule has 7 heteroatoms. The Morgan fingerprint density at radius 3 is 2.75 bits per heavy atom. The number of rotatable bonds is 7. The number of benzene rings is 2. The lowest BCUT2D eigenvalue weighted by Crippen LogP contribution is -2.38. The molecule has 1 heterocycles. The monoisotopic (exact) mass is 493 g/mol. The Kier molecular flexibility index (Phi) is 8.93. The predicted molar refractivity (Wildman–Crippen MR) is 122 cm³/mol. The van der Waals surface area contributed by atoms with Crippen LogP contribution in [0.4, 0.5) is 4.39 Å². The van der Waals surface area contributed by atoms with Gasteiger partial charge in [0.2, 0.25) is 0 Å². The third-order valence-corrected chi connectivity index (χ3v) is 4.12. The maximum atomic E-state index is 13.3. The summed E-state index contributed by atoms with van der Waals surface area (Å²) in [6.45, 7) is 4.03. The Hall–Kier alpha value is -2.42. The van der Waals surface area contributed by atoms with Crippen molar-refractivity contribution in [1.29, 1.82) is 0 Å². The molecule has 2 aromatic carbocycles. The van der Waals surface area contributed by atoms with Crippen LogP contribution in [0.15, 0.2) is 72.2 Å². The Bertz CT molecular complexity index is 880. The third-order valence-electron chi connectivity index (χ3n) is 4.12. The van der Waals surface area contributed by atoms with Crippen molar-refractivity contribution in [3.63, 3.8) is 0 Å². The largest absolute Gasteiger partial charge is 0.357 e. The number of nitrogens with zero attached hydrogens (tertiary/aromatic N) is 3. The Balaban J connectivity index is 0.00000280. The molecule has 1 aromatic heterocycles. The fourth-order valence-electron chi connectivity index (χ4n) is 2.82. The number of aromatic nitrogens is 2. The second-order valence-electron chi connectivity index (χ2n) is 6.10. The summed E-state index contributed by atoms with van der Waals surface area (Å²) in [6, 6.07) is 14.8. The van der Waals surface area contributed by atoms with E-state index in [1.807, 2.05) is 35.9 Å². The van der Waals surface area contributed by atoms with Crippen LogP contribution in [0.3, 0.4) is 0 Å². The summed E-state index contributed by atoms with van der Waals surface area (Å²) in [4.78, 5) is 8.81. The average Bonchev–Trinajstić information content (AvgIpc) is 3.21. The fraction of sp³-hybridized carbons (Fsp3) is 0.238. The van der Waals surface area contributed by atoms with Crippen molar-refractivity contribution in [2.75, 3.05) is 13.1 Å². The van der Waals surface area contributed by atoms with Gasteiger partial charge in [0, 0.05) is 25.5 Å². The van der Waals surface area contributed by atoms with Crippen molar-refractivity contribution in [3.05, 3.63) is 84.2 Å². The normalized spacial score (nSPS) is 11.0. The van der Waals surface area contributed by atoms with Crippen LogP contribution in [0.1, 0.15) is 18.1 Å². The van der Waals surface area contributed by atoms with Crippen molar-refractivity contribution in [2.45, 2.75) is 19.9 Å². The summed E-state index contributed by atoms with van der Waals surface area (Å²) in [5.41, 5.74) is 3.14. The van der Waals surface area contributed by atoms with Crippen LogP contribution < -0.4 is 10.6 Å². The molecule has 0 fully saturated rings. The molecule has 148 valence electrons. The van der Waals surface area contributed by atoms with Crippen LogP contribution in [0, 0.1) is 5.82 Å². The first-order chi connectivity index (χ1) is 13.3. The number of para-hydroxylation sites is 1. The molecule has 0 spiro atoms. The summed E-state index contributed by atoms with van der Waals surface area (Å²) >= 11 is 0. The van der Waals surface area contributed by atoms with E-state index in [0.29, 0.717) is 13.1 Å². The minimum Gasteiger partial charge on any atom is -0.357 e. The van der Waals surface area contributed by atoms with Crippen molar-refractivity contribution in [2.24, 2.45) is 4.99 Å². The Morgan fingerprint density at radius 2 is 2.00 bits per heavy atom. The molecule has 5 nitrogen and oxygen atoms in total. The quantitative estimate of drug-likeness (QED) is 0.298. The minimum absolute atomic E-state index is 0. The molecular formula is C21H25FIN5. The second-order valence-corrected chi connectivity index (χ2v) is 6.10. The number of imidazole rings is 1. The van der Waals surface area contributed by atoms with Gasteiger partial charge >= 0.3 is 0 Å². The van der Waals surface area contributed by atoms with Crippen LogP contribution in [0.2, 0.25) is 0 Å². The van der Waals surface area contributed by atoms with E-state index < -0.39 is 0 Å². The summed E-state index contributed by atoms with van der Waals surface area (Å²) in [5, 5.41) is 6.56. The summed E-state index contributed by atoms with van der Waals surface area (Å²) in [6.07, 6.45) is 6.20. The van der Waals surface area contributed by atoms with E-state index in [4.69, 9.17) is 0 Å². The van der Waals surface area contributed by atoms with Crippen molar-refractivity contribution < 1.29 is 4.39 Å². The Labute approximate surface area is 182 Å². The topological polar surface area (TPSA) is 54.2 Å². The predicted octanol–water partition coefficient (Wildman–Crippen LogP) is 3.93. The highest BCUT2D eigenvalue weighted by molar-refractivity contribution is 14.0. The average molecular weight is 493 g/mol. The first-order valence-corrected chi connectivity index (χ1v) is 9.09. The van der Waals surface area contributed by atoms with Gasteiger partial charge in [-0.2, -0.15) is 0 Å². The van der Waals surface area contributed by atoms with Crippen molar-refractivity contribution in [1.82, 2.24) is 20.2 Å². The van der Waals surface area contributed by atoms with Gasteiger partial charge in [0.15, 0.2) is 5.96 Å². The zero-order chi connectivity index (χ0) is 18.9. The summed E-state index contributed by atoms with van der Waals surface area (Å²) in [5.74, 6) is 0.540. The van der Waals surface area contributed by atoms with Crippen molar-refractivity contribution in [3.8, 4) is 5.69 Å². The standard InChI is InChI=1S/C21H24FN5.HI/c1-2-24-21(25-11-10-17-6-5-8-19(22)14-17)26-15-18-7-3-4-9-20(18)27-13-12-23-16-27;/h3-9,12-14,16H,2,10-11,15H2,1H3,(H2,24,25,26);1H. The van der Waals surface area contributed by atoms with E-state index in [0.717, 1.165) is 35.7 Å². The molecule has 0 aliphatic rings. The fourth-order valence-corrected chi connectivity index (χ4v) is 2.82. The highest BCUT2D eigenvalue weighted by Crippen LogP contribution is 2.15. The molecule has 0 amide bonds. The molecule has 0 unspecified atom stereocenters. The molecular weight excluding hydrogens is 468 g/mol. The molecule has 0 aliphatic heterocycles. The number of nitrogens with one attached hydrogen (secondary N) is 2. The summed E-state index contributed by atoms with van der Waals surface area (Å²) < 4.78 is 15.3. The second kappa shape index (κ2) is 11.4. The molecule has 3 rings (SSSR count). The van der Waals surface area contributed by atoms with Crippen LogP contribution >= 0.6 is 24.0 Å². The zero-order valence-corrected chi connectivity index (χ0v) is 18.1. The van der Waals surface area contributed by atoms with Crippen LogP contribution in [0.5, 0.6) is 0 Å². The number of hydrogen-bond acceptors (Lipinski definition) is 2. The molecule has 0 radical (unpaired) electrons. The first kappa shape index (κ1) is 21.9. The van der Waals surface area contributed by atoms with Gasteiger partial charge in [-0.05, 0) is 42.7 Å². The number of hydrogen-bond donors (Lipinski definition) is 2. The molecule has 2 N–H and O–H groups in total. The van der Waals surface area contributed by atoms with E-state index in [-0.39, 0.29) is 29.8 Å². The van der Waals surface area contributed by atoms with Crippen LogP contribution in [-0.4, -0.2) is 28.6 Å². The van der Waals surface area contributed by atoms with Crippen molar-refractivity contribution >= 4 is 29.9 Å². The number of aliphatic imine (C=N–C) groups is 1. The lowest BCUT2D eigenvalue weighted by atomic mass is 10.1. The molecule has 0 saturated heterocycles. The molecule has 3 aromatic rings. The molecule has 0 saturated carbocycles. The van der Waals surface area contributed by atoms with Gasteiger partial charge in [0.05, 0.1) is 18.6 Å². The van der Waals surface area contributed by atoms with Gasteiger partial charge in [0.1, 0.15) is 5.82 Å². The lowest BCUT2D eigenvalue weighted by Gasteiger charge is -2.13. The van der Waals surface area contributed by atoms with Gasteiger partial charge in [0.25, 0.3) is 0 Å².